The number of imide groups is 1. The van der Waals surface area contributed by atoms with Gasteiger partial charge < -0.3 is 5.32 Å². The van der Waals surface area contributed by atoms with Gasteiger partial charge in [-0.2, -0.15) is 0 Å². The van der Waals surface area contributed by atoms with Gasteiger partial charge in [-0.3, -0.25) is 14.5 Å². The first-order chi connectivity index (χ1) is 10.1. The lowest BCUT2D eigenvalue weighted by atomic mass is 9.81. The number of anilines is 1. The number of fused-ring (bicyclic) bond motifs is 5. The van der Waals surface area contributed by atoms with E-state index >= 15 is 0 Å². The fourth-order valence-corrected chi connectivity index (χ4v) is 4.59. The largest absolute Gasteiger partial charge is 0.367 e. The minimum Gasteiger partial charge on any atom is -0.367 e. The molecule has 1 heterocycles. The van der Waals surface area contributed by atoms with Crippen molar-refractivity contribution in [3.8, 4) is 0 Å². The van der Waals surface area contributed by atoms with Gasteiger partial charge in [0.2, 0.25) is 11.8 Å². The average Bonchev–Trinajstić information content (AvgIpc) is 3.12. The lowest BCUT2D eigenvalue weighted by Gasteiger charge is -2.19. The summed E-state index contributed by atoms with van der Waals surface area (Å²) in [4.78, 5) is 26.4. The second kappa shape index (κ2) is 4.73. The second-order valence-corrected chi connectivity index (χ2v) is 6.77. The molecule has 110 valence electrons. The third kappa shape index (κ3) is 1.96. The fraction of sp³-hybridized carbons (Fsp3) is 0.500. The fourth-order valence-electron chi connectivity index (χ4n) is 4.40. The second-order valence-electron chi connectivity index (χ2n) is 6.33. The average molecular weight is 305 g/mol. The highest BCUT2D eigenvalue weighted by Crippen LogP contribution is 2.55. The van der Waals surface area contributed by atoms with Crippen LogP contribution in [-0.2, 0) is 9.59 Å². The molecule has 3 fully saturated rings. The number of hydrogen-bond donors (Lipinski definition) is 1. The maximum absolute atomic E-state index is 12.5. The molecule has 0 spiro atoms. The van der Waals surface area contributed by atoms with Gasteiger partial charge in [-0.05, 0) is 49.3 Å². The zero-order valence-electron chi connectivity index (χ0n) is 11.6. The van der Waals surface area contributed by atoms with Crippen LogP contribution in [-0.4, -0.2) is 23.4 Å². The summed E-state index contributed by atoms with van der Waals surface area (Å²) < 4.78 is 0. The Labute approximate surface area is 128 Å². The van der Waals surface area contributed by atoms with Gasteiger partial charge in [0.1, 0.15) is 0 Å². The van der Waals surface area contributed by atoms with E-state index in [2.05, 4.69) is 5.32 Å². The van der Waals surface area contributed by atoms with E-state index in [1.54, 1.807) is 12.1 Å². The van der Waals surface area contributed by atoms with Crippen LogP contribution in [0.2, 0.25) is 5.02 Å². The number of likely N-dealkylation sites (tertiary alicyclic amines) is 1. The normalized spacial score (nSPS) is 33.7. The summed E-state index contributed by atoms with van der Waals surface area (Å²) in [5, 5.41) is 3.76. The van der Waals surface area contributed by atoms with E-state index in [9.17, 15) is 9.59 Å². The summed E-state index contributed by atoms with van der Waals surface area (Å²) in [5.41, 5.74) is 0.822. The van der Waals surface area contributed by atoms with Crippen LogP contribution in [0.5, 0.6) is 0 Å². The SMILES string of the molecule is O=C1[C@H]2[C@H]3CC[C@@H](C3)[C@@H]2C(=O)N1CNc1cccc(Cl)c1. The lowest BCUT2D eigenvalue weighted by molar-refractivity contribution is -0.140. The van der Waals surface area contributed by atoms with Crippen LogP contribution in [0.15, 0.2) is 24.3 Å². The number of carbonyl (C=O) groups excluding carboxylic acids is 2. The van der Waals surface area contributed by atoms with E-state index in [0.717, 1.165) is 24.9 Å². The Morgan fingerprint density at radius 1 is 1.14 bits per heavy atom. The lowest BCUT2D eigenvalue weighted by Crippen LogP contribution is -2.36. The van der Waals surface area contributed by atoms with Gasteiger partial charge >= 0.3 is 0 Å². The first kappa shape index (κ1) is 13.1. The molecule has 3 aliphatic rings. The van der Waals surface area contributed by atoms with Crippen molar-refractivity contribution in [2.45, 2.75) is 19.3 Å². The maximum atomic E-state index is 12.5. The first-order valence-corrected chi connectivity index (χ1v) is 7.87. The minimum atomic E-state index is -0.0441. The molecular weight excluding hydrogens is 288 g/mol. The highest BCUT2D eigenvalue weighted by molar-refractivity contribution is 6.30. The number of rotatable bonds is 3. The monoisotopic (exact) mass is 304 g/mol. The molecule has 4 atom stereocenters. The van der Waals surface area contributed by atoms with Crippen molar-refractivity contribution >= 4 is 29.1 Å². The number of halogens is 1. The van der Waals surface area contributed by atoms with E-state index in [4.69, 9.17) is 11.6 Å². The molecule has 0 aromatic heterocycles. The van der Waals surface area contributed by atoms with E-state index in [1.807, 2.05) is 12.1 Å². The molecule has 1 aromatic rings. The Hall–Kier alpha value is -1.55. The number of carbonyl (C=O) groups is 2. The van der Waals surface area contributed by atoms with Crippen LogP contribution in [0.1, 0.15) is 19.3 Å². The molecule has 1 aromatic carbocycles. The Morgan fingerprint density at radius 2 is 1.81 bits per heavy atom. The van der Waals surface area contributed by atoms with Gasteiger partial charge in [-0.15, -0.1) is 0 Å². The summed E-state index contributed by atoms with van der Waals surface area (Å²) in [5.74, 6) is 0.827. The Morgan fingerprint density at radius 3 is 2.43 bits per heavy atom. The van der Waals surface area contributed by atoms with Crippen molar-refractivity contribution in [2.24, 2.45) is 23.7 Å². The van der Waals surface area contributed by atoms with Crippen molar-refractivity contribution in [3.05, 3.63) is 29.3 Å². The van der Waals surface area contributed by atoms with Gasteiger partial charge in [-0.1, -0.05) is 17.7 Å². The molecule has 5 heteroatoms. The van der Waals surface area contributed by atoms with Crippen molar-refractivity contribution in [1.82, 2.24) is 4.90 Å². The topological polar surface area (TPSA) is 49.4 Å². The molecule has 4 rings (SSSR count). The quantitative estimate of drug-likeness (QED) is 0.874. The first-order valence-electron chi connectivity index (χ1n) is 7.50. The molecule has 4 nitrogen and oxygen atoms in total. The summed E-state index contributed by atoms with van der Waals surface area (Å²) in [6.45, 7) is 0.241. The number of benzene rings is 1. The number of nitrogens with zero attached hydrogens (tertiary/aromatic N) is 1. The van der Waals surface area contributed by atoms with Crippen LogP contribution in [0, 0.1) is 23.7 Å². The van der Waals surface area contributed by atoms with Gasteiger partial charge in [0.05, 0.1) is 18.5 Å². The van der Waals surface area contributed by atoms with Gasteiger partial charge in [-0.25, -0.2) is 0 Å². The van der Waals surface area contributed by atoms with E-state index in [-0.39, 0.29) is 30.3 Å². The van der Waals surface area contributed by atoms with Gasteiger partial charge in [0, 0.05) is 10.7 Å². The van der Waals surface area contributed by atoms with E-state index in [0.29, 0.717) is 16.9 Å². The van der Waals surface area contributed by atoms with Crippen LogP contribution < -0.4 is 5.32 Å². The zero-order valence-corrected chi connectivity index (χ0v) is 12.3. The number of amides is 2. The van der Waals surface area contributed by atoms with Crippen molar-refractivity contribution < 1.29 is 9.59 Å². The van der Waals surface area contributed by atoms with Crippen LogP contribution >= 0.6 is 11.6 Å². The molecular formula is C16H17ClN2O2. The molecule has 0 unspecified atom stereocenters. The smallest absolute Gasteiger partial charge is 0.234 e. The van der Waals surface area contributed by atoms with Crippen LogP contribution in [0.4, 0.5) is 5.69 Å². The van der Waals surface area contributed by atoms with Crippen LogP contribution in [0.25, 0.3) is 0 Å². The summed E-state index contributed by atoms with van der Waals surface area (Å²) in [6.07, 6.45) is 3.29. The van der Waals surface area contributed by atoms with Crippen molar-refractivity contribution in [2.75, 3.05) is 12.0 Å². The maximum Gasteiger partial charge on any atom is 0.234 e. The predicted octanol–water partition coefficient (Wildman–Crippen LogP) is 2.74. The summed E-state index contributed by atoms with van der Waals surface area (Å²) >= 11 is 5.93. The standard InChI is InChI=1S/C16H17ClN2O2/c17-11-2-1-3-12(7-11)18-8-19-15(20)13-9-4-5-10(6-9)14(13)16(19)21/h1-3,7,9-10,13-14,18H,4-6,8H2/t9-,10-,13-,14-/m0/s1. The molecule has 2 amide bonds. The molecule has 1 N–H and O–H groups in total. The molecule has 21 heavy (non-hydrogen) atoms. The molecule has 1 aliphatic heterocycles. The van der Waals surface area contributed by atoms with Crippen LogP contribution in [0.3, 0.4) is 0 Å². The Kier molecular flexibility index (Phi) is 2.96. The third-order valence-electron chi connectivity index (χ3n) is 5.28. The molecule has 2 aliphatic carbocycles. The molecule has 0 radical (unpaired) electrons. The van der Waals surface area contributed by atoms with Crippen molar-refractivity contribution in [3.63, 3.8) is 0 Å². The summed E-state index contributed by atoms with van der Waals surface area (Å²) in [7, 11) is 0. The predicted molar refractivity (Wildman–Crippen MR) is 79.6 cm³/mol. The van der Waals surface area contributed by atoms with Gasteiger partial charge in [0.15, 0.2) is 0 Å². The van der Waals surface area contributed by atoms with Crippen molar-refractivity contribution in [1.29, 1.82) is 0 Å². The highest BCUT2D eigenvalue weighted by Gasteiger charge is 2.60. The summed E-state index contributed by atoms with van der Waals surface area (Å²) in [6, 6.07) is 7.30. The highest BCUT2D eigenvalue weighted by atomic mass is 35.5. The number of hydrogen-bond acceptors (Lipinski definition) is 3. The third-order valence-corrected chi connectivity index (χ3v) is 5.52. The van der Waals surface area contributed by atoms with Gasteiger partial charge in [0.25, 0.3) is 0 Å². The number of nitrogens with one attached hydrogen (secondary N) is 1. The Bertz CT molecular complexity index is 590. The Balaban J connectivity index is 1.49. The molecule has 1 saturated heterocycles. The zero-order chi connectivity index (χ0) is 14.6. The molecule has 2 saturated carbocycles. The van der Waals surface area contributed by atoms with E-state index in [1.165, 1.54) is 4.90 Å². The molecule has 2 bridgehead atoms. The minimum absolute atomic E-state index is 0.0201. The van der Waals surface area contributed by atoms with E-state index < -0.39 is 0 Å².